The summed E-state index contributed by atoms with van der Waals surface area (Å²) in [6.45, 7) is 0. The molecule has 0 aliphatic heterocycles. The topological polar surface area (TPSA) is 90.5 Å². The Kier molecular flexibility index (Phi) is 3.71. The predicted octanol–water partition coefficient (Wildman–Crippen LogP) is 2.11. The van der Waals surface area contributed by atoms with E-state index in [9.17, 15) is 13.2 Å². The number of sulfonamides is 1. The first-order valence-corrected chi connectivity index (χ1v) is 9.61. The van der Waals surface area contributed by atoms with Crippen molar-refractivity contribution >= 4 is 21.1 Å². The summed E-state index contributed by atoms with van der Waals surface area (Å²) < 4.78 is 40.1. The molecule has 1 aliphatic carbocycles. The molecule has 1 heterocycles. The van der Waals surface area contributed by atoms with Crippen molar-refractivity contribution in [3.05, 3.63) is 58.6 Å². The molecule has 136 valence electrons. The summed E-state index contributed by atoms with van der Waals surface area (Å²) >= 11 is 0. The second-order valence-corrected chi connectivity index (χ2v) is 8.16. The van der Waals surface area contributed by atoms with Crippen LogP contribution < -0.4 is 15.2 Å². The molecule has 1 aromatic heterocycles. The zero-order valence-electron chi connectivity index (χ0n) is 14.4. The van der Waals surface area contributed by atoms with Gasteiger partial charge in [0.15, 0.2) is 5.58 Å². The number of methoxy groups -OCH3 is 1. The molecule has 0 amide bonds. The molecule has 0 spiro atoms. The van der Waals surface area contributed by atoms with Crippen LogP contribution in [0, 0.1) is 0 Å². The van der Waals surface area contributed by atoms with E-state index in [4.69, 9.17) is 9.15 Å². The van der Waals surface area contributed by atoms with Crippen LogP contribution in [0.5, 0.6) is 5.75 Å². The fourth-order valence-electron chi connectivity index (χ4n) is 3.08. The average Bonchev–Trinajstić information content (AvgIpc) is 3.34. The third kappa shape index (κ3) is 2.71. The van der Waals surface area contributed by atoms with E-state index < -0.39 is 21.3 Å². The third-order valence-corrected chi connectivity index (χ3v) is 6.33. The zero-order valence-corrected chi connectivity index (χ0v) is 15.2. The minimum absolute atomic E-state index is 0.0686. The molecule has 3 aromatic rings. The quantitative estimate of drug-likeness (QED) is 0.739. The van der Waals surface area contributed by atoms with E-state index >= 15 is 0 Å². The number of benzene rings is 2. The summed E-state index contributed by atoms with van der Waals surface area (Å²) in [6, 6.07) is 11.8. The third-order valence-electron chi connectivity index (χ3n) is 4.80. The maximum Gasteiger partial charge on any atom is 0.419 e. The van der Waals surface area contributed by atoms with Gasteiger partial charge >= 0.3 is 5.76 Å². The Morgan fingerprint density at radius 3 is 2.46 bits per heavy atom. The first-order chi connectivity index (χ1) is 12.3. The highest BCUT2D eigenvalue weighted by Crippen LogP contribution is 2.47. The van der Waals surface area contributed by atoms with Gasteiger partial charge in [0.25, 0.3) is 0 Å². The number of aryl methyl sites for hydroxylation is 1. The fourth-order valence-corrected chi connectivity index (χ4v) is 4.55. The molecule has 4 rings (SSSR count). The second-order valence-electron chi connectivity index (χ2n) is 6.47. The van der Waals surface area contributed by atoms with Crippen molar-refractivity contribution in [2.24, 2.45) is 7.05 Å². The van der Waals surface area contributed by atoms with Crippen LogP contribution in [0.1, 0.15) is 18.4 Å². The Hall–Kier alpha value is -2.58. The van der Waals surface area contributed by atoms with Crippen molar-refractivity contribution in [3.8, 4) is 5.75 Å². The van der Waals surface area contributed by atoms with Gasteiger partial charge in [-0.05, 0) is 42.7 Å². The van der Waals surface area contributed by atoms with Crippen LogP contribution in [0.3, 0.4) is 0 Å². The highest BCUT2D eigenvalue weighted by atomic mass is 32.2. The van der Waals surface area contributed by atoms with Gasteiger partial charge in [-0.2, -0.15) is 0 Å². The molecular weight excluding hydrogens is 356 g/mol. The van der Waals surface area contributed by atoms with Crippen molar-refractivity contribution in [1.29, 1.82) is 0 Å². The molecule has 1 N–H and O–H groups in total. The summed E-state index contributed by atoms with van der Waals surface area (Å²) in [6.07, 6.45) is 1.45. The molecule has 1 fully saturated rings. The Morgan fingerprint density at radius 2 is 1.85 bits per heavy atom. The van der Waals surface area contributed by atoms with Crippen LogP contribution >= 0.6 is 0 Å². The molecular formula is C18H18N2O5S. The van der Waals surface area contributed by atoms with Gasteiger partial charge < -0.3 is 9.15 Å². The molecule has 26 heavy (non-hydrogen) atoms. The average molecular weight is 374 g/mol. The predicted molar refractivity (Wildman–Crippen MR) is 95.7 cm³/mol. The molecule has 0 bridgehead atoms. The highest BCUT2D eigenvalue weighted by molar-refractivity contribution is 7.89. The van der Waals surface area contributed by atoms with Crippen molar-refractivity contribution in [3.63, 3.8) is 0 Å². The molecule has 8 heteroatoms. The maximum atomic E-state index is 12.9. The van der Waals surface area contributed by atoms with E-state index in [2.05, 4.69) is 4.72 Å². The summed E-state index contributed by atoms with van der Waals surface area (Å²) in [7, 11) is -0.608. The number of nitrogens with zero attached hydrogens (tertiary/aromatic N) is 1. The SMILES string of the molecule is COc1ccc(C2(NS(=O)(=O)c3ccc4c(c3)oc(=O)n4C)CC2)cc1. The number of fused-ring (bicyclic) bond motifs is 1. The van der Waals surface area contributed by atoms with E-state index in [-0.39, 0.29) is 10.5 Å². The van der Waals surface area contributed by atoms with E-state index in [1.165, 1.54) is 16.7 Å². The Labute approximate surface area is 150 Å². The lowest BCUT2D eigenvalue weighted by molar-refractivity contribution is 0.414. The largest absolute Gasteiger partial charge is 0.497 e. The van der Waals surface area contributed by atoms with Crippen LogP contribution in [-0.4, -0.2) is 20.1 Å². The number of nitrogens with one attached hydrogen (secondary N) is 1. The number of aromatic nitrogens is 1. The standard InChI is InChI=1S/C18H18N2O5S/c1-20-15-8-7-14(11-16(15)25-17(20)21)26(22,23)19-18(9-10-18)12-3-5-13(24-2)6-4-12/h3-8,11,19H,9-10H2,1-2H3. The van der Waals surface area contributed by atoms with Crippen LogP contribution in [0.25, 0.3) is 11.1 Å². The highest BCUT2D eigenvalue weighted by Gasteiger charge is 2.47. The maximum absolute atomic E-state index is 12.9. The van der Waals surface area contributed by atoms with Gasteiger partial charge in [0.2, 0.25) is 10.0 Å². The Balaban J connectivity index is 1.67. The van der Waals surface area contributed by atoms with Gasteiger partial charge in [-0.1, -0.05) is 12.1 Å². The Bertz CT molecular complexity index is 1140. The molecule has 0 radical (unpaired) electrons. The number of hydrogen-bond acceptors (Lipinski definition) is 5. The summed E-state index contributed by atoms with van der Waals surface area (Å²) in [5.74, 6) is 0.191. The molecule has 0 unspecified atom stereocenters. The van der Waals surface area contributed by atoms with Crippen LogP contribution in [0.15, 0.2) is 56.6 Å². The van der Waals surface area contributed by atoms with Gasteiger partial charge in [-0.3, -0.25) is 4.57 Å². The molecule has 1 aliphatic rings. The molecule has 1 saturated carbocycles. The van der Waals surface area contributed by atoms with E-state index in [0.29, 0.717) is 5.52 Å². The molecule has 0 saturated heterocycles. The molecule has 2 aromatic carbocycles. The second kappa shape index (κ2) is 5.72. The van der Waals surface area contributed by atoms with Gasteiger partial charge in [0.05, 0.1) is 23.1 Å². The van der Waals surface area contributed by atoms with Crippen molar-refractivity contribution < 1.29 is 17.6 Å². The summed E-state index contributed by atoms with van der Waals surface area (Å²) in [5, 5.41) is 0. The minimum Gasteiger partial charge on any atom is -0.497 e. The van der Waals surface area contributed by atoms with E-state index in [1.54, 1.807) is 20.2 Å². The summed E-state index contributed by atoms with van der Waals surface area (Å²) in [4.78, 5) is 11.7. The van der Waals surface area contributed by atoms with Gasteiger partial charge in [-0.15, -0.1) is 0 Å². The van der Waals surface area contributed by atoms with Crippen LogP contribution in [0.4, 0.5) is 0 Å². The van der Waals surface area contributed by atoms with E-state index in [1.807, 2.05) is 24.3 Å². The number of oxazole rings is 1. The van der Waals surface area contributed by atoms with Crippen molar-refractivity contribution in [2.75, 3.05) is 7.11 Å². The lowest BCUT2D eigenvalue weighted by Crippen LogP contribution is -2.34. The number of rotatable bonds is 5. The minimum atomic E-state index is -3.77. The van der Waals surface area contributed by atoms with Crippen molar-refractivity contribution in [2.45, 2.75) is 23.3 Å². The van der Waals surface area contributed by atoms with Crippen molar-refractivity contribution in [1.82, 2.24) is 9.29 Å². The molecule has 7 nitrogen and oxygen atoms in total. The first kappa shape index (κ1) is 16.9. The first-order valence-electron chi connectivity index (χ1n) is 8.13. The van der Waals surface area contributed by atoms with E-state index in [0.717, 1.165) is 24.2 Å². The fraction of sp³-hybridized carbons (Fsp3) is 0.278. The van der Waals surface area contributed by atoms with Gasteiger partial charge in [0.1, 0.15) is 5.75 Å². The monoisotopic (exact) mass is 374 g/mol. The zero-order chi connectivity index (χ0) is 18.5. The van der Waals surface area contributed by atoms with Gasteiger partial charge in [0, 0.05) is 13.1 Å². The Morgan fingerprint density at radius 1 is 1.15 bits per heavy atom. The summed E-state index contributed by atoms with van der Waals surface area (Å²) in [5.41, 5.74) is 1.09. The van der Waals surface area contributed by atoms with Crippen LogP contribution in [0.2, 0.25) is 0 Å². The van der Waals surface area contributed by atoms with Gasteiger partial charge in [-0.25, -0.2) is 17.9 Å². The number of hydrogen-bond donors (Lipinski definition) is 1. The lowest BCUT2D eigenvalue weighted by Gasteiger charge is -2.18. The number of ether oxygens (including phenoxy) is 1. The lowest BCUT2D eigenvalue weighted by atomic mass is 10.1. The molecule has 0 atom stereocenters. The smallest absolute Gasteiger partial charge is 0.419 e. The normalized spacial score (nSPS) is 15.9. The van der Waals surface area contributed by atoms with Crippen LogP contribution in [-0.2, 0) is 22.6 Å².